The van der Waals surface area contributed by atoms with E-state index >= 15 is 0 Å². The van der Waals surface area contributed by atoms with Gasteiger partial charge in [0.25, 0.3) is 0 Å². The number of carbonyl (C=O) groups excluding carboxylic acids is 1. The third kappa shape index (κ3) is 3.04. The lowest BCUT2D eigenvalue weighted by molar-refractivity contribution is -0.141. The van der Waals surface area contributed by atoms with Crippen molar-refractivity contribution in [2.75, 3.05) is 20.3 Å². The normalized spacial score (nSPS) is 25.4. The molecule has 0 atom stereocenters. The minimum atomic E-state index is -0.681. The first-order chi connectivity index (χ1) is 8.63. The highest BCUT2D eigenvalue weighted by Crippen LogP contribution is 2.25. The first kappa shape index (κ1) is 13.8. The van der Waals surface area contributed by atoms with Crippen LogP contribution in [-0.4, -0.2) is 42.6 Å². The monoisotopic (exact) mass is 254 g/mol. The van der Waals surface area contributed by atoms with E-state index in [0.29, 0.717) is 32.1 Å². The van der Waals surface area contributed by atoms with E-state index in [0.717, 1.165) is 12.8 Å². The zero-order valence-electron chi connectivity index (χ0n) is 11.5. The average molecular weight is 254 g/mol. The van der Waals surface area contributed by atoms with E-state index in [-0.39, 0.29) is 5.91 Å². The highest BCUT2D eigenvalue weighted by atomic mass is 16.5. The predicted octanol–water partition coefficient (Wildman–Crippen LogP) is 1.68. The van der Waals surface area contributed by atoms with E-state index in [1.54, 1.807) is 0 Å². The van der Waals surface area contributed by atoms with Crippen LogP contribution in [0.1, 0.15) is 51.4 Å². The molecular weight excluding hydrogens is 228 g/mol. The van der Waals surface area contributed by atoms with E-state index in [4.69, 9.17) is 10.5 Å². The van der Waals surface area contributed by atoms with Crippen molar-refractivity contribution in [3.8, 4) is 0 Å². The van der Waals surface area contributed by atoms with Crippen LogP contribution in [-0.2, 0) is 9.53 Å². The molecular formula is C14H26N2O2. The summed E-state index contributed by atoms with van der Waals surface area (Å²) in [6.07, 6.45) is 8.67. The van der Waals surface area contributed by atoms with Crippen LogP contribution in [0.4, 0.5) is 0 Å². The Balaban J connectivity index is 1.97. The number of hydrogen-bond acceptors (Lipinski definition) is 3. The summed E-state index contributed by atoms with van der Waals surface area (Å²) in [6, 6.07) is 0.392. The molecule has 1 saturated heterocycles. The average Bonchev–Trinajstić information content (AvgIpc) is 2.66. The molecule has 0 unspecified atom stereocenters. The van der Waals surface area contributed by atoms with Gasteiger partial charge in [-0.15, -0.1) is 0 Å². The van der Waals surface area contributed by atoms with Crippen molar-refractivity contribution < 1.29 is 9.53 Å². The van der Waals surface area contributed by atoms with Crippen LogP contribution in [0.5, 0.6) is 0 Å². The van der Waals surface area contributed by atoms with Gasteiger partial charge in [0.05, 0.1) is 5.54 Å². The summed E-state index contributed by atoms with van der Waals surface area (Å²) in [6.45, 7) is 1.22. The van der Waals surface area contributed by atoms with Gasteiger partial charge >= 0.3 is 0 Å². The number of nitrogens with zero attached hydrogens (tertiary/aromatic N) is 1. The third-order valence-corrected chi connectivity index (χ3v) is 4.50. The van der Waals surface area contributed by atoms with Crippen molar-refractivity contribution in [1.82, 2.24) is 4.90 Å². The molecule has 0 radical (unpaired) electrons. The Bertz CT molecular complexity index is 280. The zero-order chi connectivity index (χ0) is 13.0. The van der Waals surface area contributed by atoms with E-state index in [2.05, 4.69) is 0 Å². The van der Waals surface area contributed by atoms with E-state index in [1.165, 1.54) is 25.7 Å². The van der Waals surface area contributed by atoms with E-state index in [9.17, 15) is 4.79 Å². The van der Waals surface area contributed by atoms with Gasteiger partial charge in [0, 0.05) is 26.3 Å². The second kappa shape index (κ2) is 6.02. The molecule has 1 aliphatic carbocycles. The minimum Gasteiger partial charge on any atom is -0.381 e. The van der Waals surface area contributed by atoms with Crippen molar-refractivity contribution >= 4 is 5.91 Å². The van der Waals surface area contributed by atoms with Gasteiger partial charge in [-0.2, -0.15) is 0 Å². The fourth-order valence-corrected chi connectivity index (χ4v) is 3.11. The largest absolute Gasteiger partial charge is 0.381 e. The molecule has 4 nitrogen and oxygen atoms in total. The smallest absolute Gasteiger partial charge is 0.242 e. The minimum absolute atomic E-state index is 0.123. The Labute approximate surface area is 110 Å². The quantitative estimate of drug-likeness (QED) is 0.763. The maximum Gasteiger partial charge on any atom is 0.242 e. The standard InChI is InChI=1S/C14H26N2O2/c1-16(12-6-4-2-3-5-7-12)13(17)14(15)8-10-18-11-9-14/h12H,2-11,15H2,1H3. The Hall–Kier alpha value is -0.610. The lowest BCUT2D eigenvalue weighted by Crippen LogP contribution is -2.59. The van der Waals surface area contributed by atoms with Gasteiger partial charge in [-0.1, -0.05) is 25.7 Å². The van der Waals surface area contributed by atoms with Crippen LogP contribution in [0.3, 0.4) is 0 Å². The Morgan fingerprint density at radius 2 is 1.72 bits per heavy atom. The number of hydrogen-bond donors (Lipinski definition) is 1. The lowest BCUT2D eigenvalue weighted by atomic mass is 9.89. The maximum atomic E-state index is 12.6. The Morgan fingerprint density at radius 1 is 1.17 bits per heavy atom. The highest BCUT2D eigenvalue weighted by Gasteiger charge is 2.39. The first-order valence-corrected chi connectivity index (χ1v) is 7.27. The first-order valence-electron chi connectivity index (χ1n) is 7.27. The van der Waals surface area contributed by atoms with Crippen molar-refractivity contribution in [2.24, 2.45) is 5.73 Å². The van der Waals surface area contributed by atoms with Gasteiger partial charge in [-0.25, -0.2) is 0 Å². The summed E-state index contributed by atoms with van der Waals surface area (Å²) in [7, 11) is 1.93. The van der Waals surface area contributed by atoms with Gasteiger partial charge in [0.1, 0.15) is 0 Å². The molecule has 18 heavy (non-hydrogen) atoms. The molecule has 104 valence electrons. The molecule has 0 aromatic heterocycles. The summed E-state index contributed by atoms with van der Waals surface area (Å²) in [5, 5.41) is 0. The Kier molecular flexibility index (Phi) is 4.62. The Morgan fingerprint density at radius 3 is 2.28 bits per heavy atom. The lowest BCUT2D eigenvalue weighted by Gasteiger charge is -2.38. The van der Waals surface area contributed by atoms with E-state index < -0.39 is 5.54 Å². The summed E-state index contributed by atoms with van der Waals surface area (Å²) in [4.78, 5) is 14.5. The summed E-state index contributed by atoms with van der Waals surface area (Å²) < 4.78 is 5.31. The van der Waals surface area contributed by atoms with Crippen LogP contribution >= 0.6 is 0 Å². The number of rotatable bonds is 2. The highest BCUT2D eigenvalue weighted by molar-refractivity contribution is 5.86. The molecule has 1 heterocycles. The zero-order valence-corrected chi connectivity index (χ0v) is 11.5. The fourth-order valence-electron chi connectivity index (χ4n) is 3.11. The summed E-state index contributed by atoms with van der Waals surface area (Å²) in [5.74, 6) is 0.123. The number of likely N-dealkylation sites (N-methyl/N-ethyl adjacent to an activating group) is 1. The van der Waals surface area contributed by atoms with Crippen LogP contribution in [0.25, 0.3) is 0 Å². The van der Waals surface area contributed by atoms with Crippen LogP contribution in [0, 0.1) is 0 Å². The SMILES string of the molecule is CN(C(=O)C1(N)CCOCC1)C1CCCCCC1. The summed E-state index contributed by atoms with van der Waals surface area (Å²) in [5.41, 5.74) is 5.60. The van der Waals surface area contributed by atoms with Crippen molar-refractivity contribution in [1.29, 1.82) is 0 Å². The molecule has 0 aromatic rings. The van der Waals surface area contributed by atoms with Gasteiger partial charge < -0.3 is 15.4 Å². The van der Waals surface area contributed by atoms with Crippen molar-refractivity contribution in [3.63, 3.8) is 0 Å². The third-order valence-electron chi connectivity index (χ3n) is 4.50. The molecule has 2 aliphatic rings. The number of carbonyl (C=O) groups is 1. The molecule has 0 spiro atoms. The number of amides is 1. The maximum absolute atomic E-state index is 12.6. The van der Waals surface area contributed by atoms with Crippen molar-refractivity contribution in [2.45, 2.75) is 62.9 Å². The molecule has 1 saturated carbocycles. The van der Waals surface area contributed by atoms with Gasteiger partial charge in [-0.3, -0.25) is 4.79 Å². The topological polar surface area (TPSA) is 55.6 Å². The molecule has 2 rings (SSSR count). The molecule has 4 heteroatoms. The van der Waals surface area contributed by atoms with Crippen LogP contribution in [0.2, 0.25) is 0 Å². The van der Waals surface area contributed by atoms with Crippen LogP contribution in [0.15, 0.2) is 0 Å². The second-order valence-corrected chi connectivity index (χ2v) is 5.83. The predicted molar refractivity (Wildman–Crippen MR) is 71.2 cm³/mol. The van der Waals surface area contributed by atoms with Gasteiger partial charge in [-0.05, 0) is 25.7 Å². The molecule has 2 fully saturated rings. The molecule has 0 aromatic carbocycles. The molecule has 0 bridgehead atoms. The molecule has 1 aliphatic heterocycles. The molecule has 2 N–H and O–H groups in total. The fraction of sp³-hybridized carbons (Fsp3) is 0.929. The number of nitrogens with two attached hydrogens (primary N) is 1. The van der Waals surface area contributed by atoms with Crippen molar-refractivity contribution in [3.05, 3.63) is 0 Å². The summed E-state index contributed by atoms with van der Waals surface area (Å²) >= 11 is 0. The van der Waals surface area contributed by atoms with Crippen LogP contribution < -0.4 is 5.73 Å². The van der Waals surface area contributed by atoms with E-state index in [1.807, 2.05) is 11.9 Å². The van der Waals surface area contributed by atoms with Gasteiger partial charge in [0.15, 0.2) is 0 Å². The van der Waals surface area contributed by atoms with Gasteiger partial charge in [0.2, 0.25) is 5.91 Å². The molecule has 1 amide bonds. The second-order valence-electron chi connectivity index (χ2n) is 5.83. The number of ether oxygens (including phenoxy) is 1.